The van der Waals surface area contributed by atoms with Crippen molar-refractivity contribution in [3.05, 3.63) is 27.7 Å². The molecule has 0 aromatic carbocycles. The van der Waals surface area contributed by atoms with Gasteiger partial charge in [-0.3, -0.25) is 9.59 Å². The Morgan fingerprint density at radius 3 is 2.86 bits per heavy atom. The summed E-state index contributed by atoms with van der Waals surface area (Å²) in [4.78, 5) is 22.0. The summed E-state index contributed by atoms with van der Waals surface area (Å²) in [6.07, 6.45) is 0.554. The van der Waals surface area contributed by atoms with Gasteiger partial charge < -0.3 is 0 Å². The van der Waals surface area contributed by atoms with E-state index in [4.69, 9.17) is 11.6 Å². The van der Waals surface area contributed by atoms with Gasteiger partial charge in [0.15, 0.2) is 0 Å². The number of carbonyl (C=O) groups excluding carboxylic acids is 1. The Hall–Kier alpha value is -1.16. The van der Waals surface area contributed by atoms with E-state index in [-0.39, 0.29) is 12.0 Å². The number of carbonyl (C=O) groups is 1. The topological polar surface area (TPSA) is 52.0 Å². The summed E-state index contributed by atoms with van der Waals surface area (Å²) in [5, 5.41) is 3.52. The molecule has 0 fully saturated rings. The van der Waals surface area contributed by atoms with Crippen LogP contribution in [0.15, 0.2) is 10.9 Å². The quantitative estimate of drug-likeness (QED) is 0.699. The highest BCUT2D eigenvalue weighted by Gasteiger charge is 2.05. The van der Waals surface area contributed by atoms with Gasteiger partial charge in [-0.2, -0.15) is 5.10 Å². The van der Waals surface area contributed by atoms with E-state index < -0.39 is 5.24 Å². The van der Waals surface area contributed by atoms with E-state index in [1.54, 1.807) is 20.0 Å². The SMILES string of the molecule is Cc1cc(CCC(=O)Cl)c(=O)n(C)n1. The largest absolute Gasteiger partial charge is 0.281 e. The predicted octanol–water partition coefficient (Wildman–Crippen LogP) is 0.787. The van der Waals surface area contributed by atoms with Gasteiger partial charge in [0.1, 0.15) is 0 Å². The second-order valence-electron chi connectivity index (χ2n) is 3.09. The van der Waals surface area contributed by atoms with Crippen LogP contribution in [-0.2, 0) is 18.3 Å². The minimum absolute atomic E-state index is 0.173. The molecule has 0 spiro atoms. The Kier molecular flexibility index (Phi) is 3.41. The lowest BCUT2D eigenvalue weighted by molar-refractivity contribution is -0.111. The maximum Gasteiger partial charge on any atom is 0.269 e. The van der Waals surface area contributed by atoms with Gasteiger partial charge in [0, 0.05) is 19.0 Å². The molecule has 0 saturated carbocycles. The van der Waals surface area contributed by atoms with Crippen molar-refractivity contribution in [2.75, 3.05) is 0 Å². The fourth-order valence-corrected chi connectivity index (χ4v) is 1.34. The second kappa shape index (κ2) is 4.37. The summed E-state index contributed by atoms with van der Waals surface area (Å²) in [5.74, 6) is 0. The van der Waals surface area contributed by atoms with Gasteiger partial charge in [0.2, 0.25) is 5.24 Å². The Morgan fingerprint density at radius 1 is 1.64 bits per heavy atom. The van der Waals surface area contributed by atoms with Crippen molar-refractivity contribution in [2.24, 2.45) is 7.05 Å². The minimum Gasteiger partial charge on any atom is -0.281 e. The molecular formula is C9H11ClN2O2. The highest BCUT2D eigenvalue weighted by atomic mass is 35.5. The van der Waals surface area contributed by atoms with Crippen molar-refractivity contribution in [2.45, 2.75) is 19.8 Å². The predicted molar refractivity (Wildman–Crippen MR) is 53.4 cm³/mol. The van der Waals surface area contributed by atoms with Crippen LogP contribution in [0.4, 0.5) is 0 Å². The number of hydrogen-bond acceptors (Lipinski definition) is 3. The van der Waals surface area contributed by atoms with Crippen molar-refractivity contribution in [1.82, 2.24) is 9.78 Å². The van der Waals surface area contributed by atoms with Crippen LogP contribution in [0.1, 0.15) is 17.7 Å². The lowest BCUT2D eigenvalue weighted by atomic mass is 10.1. The Balaban J connectivity index is 2.97. The first-order valence-electron chi connectivity index (χ1n) is 4.23. The molecular weight excluding hydrogens is 204 g/mol. The molecule has 1 aromatic heterocycles. The van der Waals surface area contributed by atoms with Crippen LogP contribution < -0.4 is 5.56 Å². The fraction of sp³-hybridized carbons (Fsp3) is 0.444. The van der Waals surface area contributed by atoms with Crippen LogP contribution in [0.3, 0.4) is 0 Å². The number of rotatable bonds is 3. The van der Waals surface area contributed by atoms with Crippen molar-refractivity contribution >= 4 is 16.8 Å². The molecule has 0 bridgehead atoms. The first kappa shape index (κ1) is 10.9. The maximum absolute atomic E-state index is 11.5. The molecule has 4 nitrogen and oxygen atoms in total. The van der Waals surface area contributed by atoms with E-state index in [2.05, 4.69) is 5.10 Å². The lowest BCUT2D eigenvalue weighted by Crippen LogP contribution is -2.24. The van der Waals surface area contributed by atoms with Crippen molar-refractivity contribution in [3.63, 3.8) is 0 Å². The summed E-state index contributed by atoms with van der Waals surface area (Å²) >= 11 is 5.20. The number of nitrogens with zero attached hydrogens (tertiary/aromatic N) is 2. The molecule has 1 rings (SSSR count). The normalized spacial score (nSPS) is 10.2. The molecule has 0 aliphatic heterocycles. The first-order valence-corrected chi connectivity index (χ1v) is 4.60. The van der Waals surface area contributed by atoms with Gasteiger partial charge in [-0.1, -0.05) is 0 Å². The van der Waals surface area contributed by atoms with E-state index in [1.807, 2.05) is 0 Å². The molecule has 0 atom stereocenters. The van der Waals surface area contributed by atoms with Crippen LogP contribution in [0.2, 0.25) is 0 Å². The van der Waals surface area contributed by atoms with Crippen LogP contribution in [-0.4, -0.2) is 15.0 Å². The minimum atomic E-state index is -0.429. The standard InChI is InChI=1S/C9H11ClN2O2/c1-6-5-7(3-4-8(10)13)9(14)12(2)11-6/h5H,3-4H2,1-2H3. The Morgan fingerprint density at radius 2 is 2.29 bits per heavy atom. The first-order chi connectivity index (χ1) is 6.50. The third-order valence-electron chi connectivity index (χ3n) is 1.85. The number of hydrogen-bond donors (Lipinski definition) is 0. The van der Waals surface area contributed by atoms with Crippen LogP contribution >= 0.6 is 11.6 Å². The van der Waals surface area contributed by atoms with Gasteiger partial charge in [-0.25, -0.2) is 4.68 Å². The van der Waals surface area contributed by atoms with E-state index >= 15 is 0 Å². The number of aryl methyl sites for hydroxylation is 3. The average Bonchev–Trinajstić information content (AvgIpc) is 2.08. The molecule has 14 heavy (non-hydrogen) atoms. The lowest BCUT2D eigenvalue weighted by Gasteiger charge is -2.02. The van der Waals surface area contributed by atoms with E-state index in [1.165, 1.54) is 4.68 Å². The third-order valence-corrected chi connectivity index (χ3v) is 2.04. The Bertz CT molecular complexity index is 412. The number of aromatic nitrogens is 2. The summed E-state index contributed by atoms with van der Waals surface area (Å²) in [5.41, 5.74) is 1.16. The summed E-state index contributed by atoms with van der Waals surface area (Å²) in [6, 6.07) is 1.68. The monoisotopic (exact) mass is 214 g/mol. The molecule has 0 radical (unpaired) electrons. The summed E-state index contributed by atoms with van der Waals surface area (Å²) in [6.45, 7) is 1.80. The molecule has 1 aromatic rings. The Labute approximate surface area is 86.5 Å². The molecule has 5 heteroatoms. The summed E-state index contributed by atoms with van der Waals surface area (Å²) < 4.78 is 1.27. The molecule has 0 unspecified atom stereocenters. The van der Waals surface area contributed by atoms with E-state index in [9.17, 15) is 9.59 Å². The van der Waals surface area contributed by atoms with Crippen molar-refractivity contribution in [3.8, 4) is 0 Å². The van der Waals surface area contributed by atoms with Gasteiger partial charge >= 0.3 is 0 Å². The van der Waals surface area contributed by atoms with Crippen molar-refractivity contribution in [1.29, 1.82) is 0 Å². The average molecular weight is 215 g/mol. The third kappa shape index (κ3) is 2.67. The number of halogens is 1. The smallest absolute Gasteiger partial charge is 0.269 e. The molecule has 0 saturated heterocycles. The highest BCUT2D eigenvalue weighted by Crippen LogP contribution is 2.00. The van der Waals surface area contributed by atoms with Gasteiger partial charge in [-0.15, -0.1) is 0 Å². The van der Waals surface area contributed by atoms with E-state index in [0.29, 0.717) is 12.0 Å². The fourth-order valence-electron chi connectivity index (χ4n) is 1.24. The highest BCUT2D eigenvalue weighted by molar-refractivity contribution is 6.63. The van der Waals surface area contributed by atoms with E-state index in [0.717, 1.165) is 5.69 Å². The molecule has 0 amide bonds. The van der Waals surface area contributed by atoms with Gasteiger partial charge in [0.05, 0.1) is 5.69 Å². The molecule has 76 valence electrons. The zero-order valence-electron chi connectivity index (χ0n) is 8.08. The zero-order chi connectivity index (χ0) is 10.7. The van der Waals surface area contributed by atoms with Crippen LogP contribution in [0, 0.1) is 6.92 Å². The molecule has 0 N–H and O–H groups in total. The van der Waals surface area contributed by atoms with Gasteiger partial charge in [0.25, 0.3) is 5.56 Å². The summed E-state index contributed by atoms with van der Waals surface area (Å²) in [7, 11) is 1.58. The van der Waals surface area contributed by atoms with Crippen LogP contribution in [0.5, 0.6) is 0 Å². The molecule has 0 aliphatic rings. The van der Waals surface area contributed by atoms with Crippen molar-refractivity contribution < 1.29 is 4.79 Å². The second-order valence-corrected chi connectivity index (χ2v) is 3.52. The maximum atomic E-state index is 11.5. The molecule has 0 aliphatic carbocycles. The van der Waals surface area contributed by atoms with Crippen LogP contribution in [0.25, 0.3) is 0 Å². The molecule has 1 heterocycles. The van der Waals surface area contributed by atoms with Gasteiger partial charge in [-0.05, 0) is 31.0 Å². The zero-order valence-corrected chi connectivity index (χ0v) is 8.84.